The number of carbonyl (C=O) groups excluding carboxylic acids is 1. The molecule has 0 saturated heterocycles. The molecule has 0 atom stereocenters. The summed E-state index contributed by atoms with van der Waals surface area (Å²) in [4.78, 5) is 13.5. The molecule has 0 aliphatic heterocycles. The first-order valence-corrected chi connectivity index (χ1v) is 7.93. The van der Waals surface area contributed by atoms with Crippen molar-refractivity contribution in [3.63, 3.8) is 0 Å². The average molecular weight is 316 g/mol. The summed E-state index contributed by atoms with van der Waals surface area (Å²) in [6.07, 6.45) is 0. The molecule has 2 aromatic carbocycles. The minimum Gasteiger partial charge on any atom is -0.508 e. The summed E-state index contributed by atoms with van der Waals surface area (Å²) < 4.78 is 5.99. The second-order valence-electron chi connectivity index (χ2n) is 4.38. The van der Waals surface area contributed by atoms with Crippen molar-refractivity contribution < 1.29 is 14.6 Å². The van der Waals surface area contributed by atoms with E-state index in [4.69, 9.17) is 4.74 Å². The van der Waals surface area contributed by atoms with E-state index in [9.17, 15) is 9.90 Å². The highest BCUT2D eigenvalue weighted by Gasteiger charge is 2.08. The van der Waals surface area contributed by atoms with Crippen LogP contribution in [0.15, 0.2) is 58.3 Å². The van der Waals surface area contributed by atoms with Crippen LogP contribution in [-0.4, -0.2) is 11.6 Å². The molecular formula is C16H12O3S2. The summed E-state index contributed by atoms with van der Waals surface area (Å²) in [6, 6.07) is 15.3. The number of hydrogen-bond donors (Lipinski definition) is 1. The zero-order valence-electron chi connectivity index (χ0n) is 11.0. The number of carbonyl (C=O) groups is 1. The lowest BCUT2D eigenvalue weighted by Crippen LogP contribution is -1.84. The summed E-state index contributed by atoms with van der Waals surface area (Å²) >= 11 is 3.28. The predicted octanol–water partition coefficient (Wildman–Crippen LogP) is 4.43. The fourth-order valence-electron chi connectivity index (χ4n) is 2.00. The number of ether oxygens (including phenoxy) is 1. The second-order valence-corrected chi connectivity index (χ2v) is 6.67. The summed E-state index contributed by atoms with van der Waals surface area (Å²) in [5.41, 5.74) is 0. The quantitative estimate of drug-likeness (QED) is 0.707. The Morgan fingerprint density at radius 1 is 1.19 bits per heavy atom. The summed E-state index contributed by atoms with van der Waals surface area (Å²) in [7, 11) is 0. The Kier molecular flexibility index (Phi) is 4.13. The normalized spacial score (nSPS) is 10.7. The number of aromatic hydroxyl groups is 1. The number of fused-ring (bicyclic) bond motifs is 1. The maximum atomic E-state index is 10.3. The van der Waals surface area contributed by atoms with Crippen LogP contribution in [-0.2, 0) is 16.1 Å². The van der Waals surface area contributed by atoms with Crippen molar-refractivity contribution in [3.05, 3.63) is 53.4 Å². The van der Waals surface area contributed by atoms with Gasteiger partial charge in [0, 0.05) is 24.8 Å². The first kappa shape index (κ1) is 14.0. The lowest BCUT2D eigenvalue weighted by atomic mass is 10.2. The molecule has 106 valence electrons. The van der Waals surface area contributed by atoms with E-state index in [1.54, 1.807) is 35.2 Å². The van der Waals surface area contributed by atoms with Gasteiger partial charge in [0.15, 0.2) is 0 Å². The standard InChI is InChI=1S/C16H12O3S2/c17-10-19-9-13-8-14-15(2-1-3-16(14)21-13)20-12-6-4-11(18)5-7-12/h1-8,10,18H,9H2. The zero-order chi connectivity index (χ0) is 14.7. The topological polar surface area (TPSA) is 46.5 Å². The Hall–Kier alpha value is -1.98. The second kappa shape index (κ2) is 6.20. The Balaban J connectivity index is 1.92. The predicted molar refractivity (Wildman–Crippen MR) is 84.9 cm³/mol. The van der Waals surface area contributed by atoms with Gasteiger partial charge < -0.3 is 9.84 Å². The molecule has 0 bridgehead atoms. The van der Waals surface area contributed by atoms with E-state index in [2.05, 4.69) is 18.2 Å². The Morgan fingerprint density at radius 2 is 2.00 bits per heavy atom. The first-order valence-electron chi connectivity index (χ1n) is 6.30. The molecule has 5 heteroatoms. The molecule has 3 nitrogen and oxygen atoms in total. The molecule has 0 unspecified atom stereocenters. The Bertz CT molecular complexity index is 763. The molecule has 0 amide bonds. The van der Waals surface area contributed by atoms with Gasteiger partial charge in [-0.3, -0.25) is 4.79 Å². The highest BCUT2D eigenvalue weighted by atomic mass is 32.2. The van der Waals surface area contributed by atoms with Gasteiger partial charge in [0.1, 0.15) is 12.4 Å². The van der Waals surface area contributed by atoms with Crippen molar-refractivity contribution in [2.75, 3.05) is 0 Å². The maximum Gasteiger partial charge on any atom is 0.293 e. The summed E-state index contributed by atoms with van der Waals surface area (Å²) in [5.74, 6) is 0.265. The third-order valence-corrected chi connectivity index (χ3v) is 5.09. The van der Waals surface area contributed by atoms with Crippen LogP contribution >= 0.6 is 23.1 Å². The third kappa shape index (κ3) is 3.20. The van der Waals surface area contributed by atoms with Gasteiger partial charge in [-0.15, -0.1) is 11.3 Å². The van der Waals surface area contributed by atoms with E-state index in [0.29, 0.717) is 13.1 Å². The zero-order valence-corrected chi connectivity index (χ0v) is 12.6. The summed E-state index contributed by atoms with van der Waals surface area (Å²) in [5, 5.41) is 10.5. The van der Waals surface area contributed by atoms with E-state index >= 15 is 0 Å². The van der Waals surface area contributed by atoms with Crippen LogP contribution < -0.4 is 0 Å². The van der Waals surface area contributed by atoms with Crippen LogP contribution in [0.3, 0.4) is 0 Å². The van der Waals surface area contributed by atoms with E-state index in [1.165, 1.54) is 4.70 Å². The van der Waals surface area contributed by atoms with Crippen LogP contribution in [0.5, 0.6) is 5.75 Å². The van der Waals surface area contributed by atoms with Gasteiger partial charge in [0.05, 0.1) is 0 Å². The fourth-order valence-corrected chi connectivity index (χ4v) is 4.03. The molecule has 0 spiro atoms. The van der Waals surface area contributed by atoms with Crippen LogP contribution in [0, 0.1) is 0 Å². The van der Waals surface area contributed by atoms with Gasteiger partial charge in [-0.1, -0.05) is 17.8 Å². The van der Waals surface area contributed by atoms with Crippen molar-refractivity contribution in [2.24, 2.45) is 0 Å². The van der Waals surface area contributed by atoms with Crippen molar-refractivity contribution in [3.8, 4) is 5.75 Å². The molecule has 0 saturated carbocycles. The molecule has 0 aliphatic carbocycles. The van der Waals surface area contributed by atoms with E-state index < -0.39 is 0 Å². The van der Waals surface area contributed by atoms with Gasteiger partial charge in [0.2, 0.25) is 0 Å². The molecule has 0 aliphatic rings. The summed E-state index contributed by atoms with van der Waals surface area (Å²) in [6.45, 7) is 0.780. The number of hydrogen-bond acceptors (Lipinski definition) is 5. The van der Waals surface area contributed by atoms with E-state index in [0.717, 1.165) is 20.1 Å². The molecule has 0 fully saturated rings. The number of phenolic OH excluding ortho intramolecular Hbond substituents is 1. The lowest BCUT2D eigenvalue weighted by molar-refractivity contribution is -0.129. The largest absolute Gasteiger partial charge is 0.508 e. The van der Waals surface area contributed by atoms with Crippen LogP contribution in [0.2, 0.25) is 0 Å². The monoisotopic (exact) mass is 316 g/mol. The smallest absolute Gasteiger partial charge is 0.293 e. The van der Waals surface area contributed by atoms with Crippen molar-refractivity contribution in [1.29, 1.82) is 0 Å². The molecular weight excluding hydrogens is 304 g/mol. The fraction of sp³-hybridized carbons (Fsp3) is 0.0625. The first-order chi connectivity index (χ1) is 10.3. The molecule has 21 heavy (non-hydrogen) atoms. The number of benzene rings is 2. The van der Waals surface area contributed by atoms with Gasteiger partial charge in [-0.2, -0.15) is 0 Å². The van der Waals surface area contributed by atoms with Gasteiger partial charge in [-0.05, 0) is 42.5 Å². The van der Waals surface area contributed by atoms with Crippen molar-refractivity contribution in [2.45, 2.75) is 16.4 Å². The number of rotatable bonds is 5. The molecule has 1 aromatic heterocycles. The maximum absolute atomic E-state index is 10.3. The minimum absolute atomic E-state index is 0.265. The minimum atomic E-state index is 0.265. The van der Waals surface area contributed by atoms with Crippen molar-refractivity contribution >= 4 is 39.7 Å². The molecule has 1 N–H and O–H groups in total. The van der Waals surface area contributed by atoms with E-state index in [-0.39, 0.29) is 5.75 Å². The Morgan fingerprint density at radius 3 is 2.76 bits per heavy atom. The molecule has 3 aromatic rings. The third-order valence-electron chi connectivity index (χ3n) is 2.93. The van der Waals surface area contributed by atoms with Gasteiger partial charge in [0.25, 0.3) is 6.47 Å². The molecule has 0 radical (unpaired) electrons. The SMILES string of the molecule is O=COCc1cc2c(Sc3ccc(O)cc3)cccc2s1. The average Bonchev–Trinajstić information content (AvgIpc) is 2.91. The van der Waals surface area contributed by atoms with Gasteiger partial charge in [-0.25, -0.2) is 0 Å². The highest BCUT2D eigenvalue weighted by molar-refractivity contribution is 7.99. The lowest BCUT2D eigenvalue weighted by Gasteiger charge is -2.03. The number of phenols is 1. The molecule has 3 rings (SSSR count). The highest BCUT2D eigenvalue weighted by Crippen LogP contribution is 2.37. The van der Waals surface area contributed by atoms with Crippen LogP contribution in [0.4, 0.5) is 0 Å². The van der Waals surface area contributed by atoms with Crippen LogP contribution in [0.25, 0.3) is 10.1 Å². The van der Waals surface area contributed by atoms with E-state index in [1.807, 2.05) is 18.2 Å². The Labute approximate surface area is 130 Å². The van der Waals surface area contributed by atoms with Crippen molar-refractivity contribution in [1.82, 2.24) is 0 Å². The van der Waals surface area contributed by atoms with Gasteiger partial charge >= 0.3 is 0 Å². The molecule has 1 heterocycles. The van der Waals surface area contributed by atoms with Crippen LogP contribution in [0.1, 0.15) is 4.88 Å². The number of thiophene rings is 1.